The van der Waals surface area contributed by atoms with Crippen molar-refractivity contribution >= 4 is 28.3 Å². The molecule has 1 N–H and O–H groups in total. The Morgan fingerprint density at radius 1 is 1.18 bits per heavy atom. The van der Waals surface area contributed by atoms with E-state index < -0.39 is 0 Å². The van der Waals surface area contributed by atoms with Gasteiger partial charge in [-0.3, -0.25) is 0 Å². The van der Waals surface area contributed by atoms with Gasteiger partial charge in [0.1, 0.15) is 11.5 Å². The molecule has 0 fully saturated rings. The normalized spacial score (nSPS) is 10.5. The van der Waals surface area contributed by atoms with Crippen molar-refractivity contribution in [2.45, 2.75) is 26.8 Å². The Kier molecular flexibility index (Phi) is 4.10. The molecule has 90 valence electrons. The summed E-state index contributed by atoms with van der Waals surface area (Å²) in [6, 6.07) is 10.4. The van der Waals surface area contributed by atoms with Crippen LogP contribution in [0.4, 0.5) is 5.69 Å². The average molecular weight is 341 g/mol. The summed E-state index contributed by atoms with van der Waals surface area (Å²) in [5.74, 6) is 2.03. The number of halogens is 1. The van der Waals surface area contributed by atoms with E-state index in [4.69, 9.17) is 4.42 Å². The van der Waals surface area contributed by atoms with Crippen LogP contribution in [0.1, 0.15) is 24.0 Å². The van der Waals surface area contributed by atoms with Crippen LogP contribution in [0.3, 0.4) is 0 Å². The summed E-state index contributed by atoms with van der Waals surface area (Å²) >= 11 is 2.35. The molecule has 3 heteroatoms. The van der Waals surface area contributed by atoms with E-state index in [1.807, 2.05) is 12.1 Å². The third kappa shape index (κ3) is 3.03. The van der Waals surface area contributed by atoms with Crippen molar-refractivity contribution in [2.24, 2.45) is 0 Å². The molecule has 0 aliphatic heterocycles. The first-order valence-corrected chi connectivity index (χ1v) is 6.85. The number of nitrogens with one attached hydrogen (secondary N) is 1. The third-order valence-corrected chi connectivity index (χ3v) is 3.96. The molecule has 17 heavy (non-hydrogen) atoms. The van der Waals surface area contributed by atoms with E-state index in [1.54, 1.807) is 0 Å². The van der Waals surface area contributed by atoms with Crippen LogP contribution >= 0.6 is 22.6 Å². The summed E-state index contributed by atoms with van der Waals surface area (Å²) in [6.07, 6.45) is 0.947. The standard InChI is InChI=1S/C14H16INO/c1-3-11-7-8-12(17-11)9-16-14-6-4-5-13(15)10(14)2/h4-8,16H,3,9H2,1-2H3. The molecular weight excluding hydrogens is 325 g/mol. The molecule has 1 aromatic carbocycles. The second-order valence-electron chi connectivity index (χ2n) is 3.99. The van der Waals surface area contributed by atoms with Gasteiger partial charge in [0.15, 0.2) is 0 Å². The molecule has 0 aliphatic rings. The van der Waals surface area contributed by atoms with Gasteiger partial charge in [-0.1, -0.05) is 13.0 Å². The van der Waals surface area contributed by atoms with E-state index in [0.29, 0.717) is 0 Å². The Morgan fingerprint density at radius 3 is 2.65 bits per heavy atom. The fourth-order valence-electron chi connectivity index (χ4n) is 1.69. The smallest absolute Gasteiger partial charge is 0.123 e. The van der Waals surface area contributed by atoms with E-state index in [1.165, 1.54) is 14.8 Å². The fraction of sp³-hybridized carbons (Fsp3) is 0.286. The van der Waals surface area contributed by atoms with E-state index >= 15 is 0 Å². The van der Waals surface area contributed by atoms with Crippen LogP contribution in [0.5, 0.6) is 0 Å². The summed E-state index contributed by atoms with van der Waals surface area (Å²) in [7, 11) is 0. The molecule has 1 aromatic heterocycles. The van der Waals surface area contributed by atoms with Gasteiger partial charge in [0.2, 0.25) is 0 Å². The number of aryl methyl sites for hydroxylation is 1. The van der Waals surface area contributed by atoms with Crippen LogP contribution in [0, 0.1) is 10.5 Å². The summed E-state index contributed by atoms with van der Waals surface area (Å²) in [5.41, 5.74) is 2.46. The second kappa shape index (κ2) is 5.58. The Hall–Kier alpha value is -0.970. The maximum Gasteiger partial charge on any atom is 0.123 e. The minimum Gasteiger partial charge on any atom is -0.464 e. The molecule has 0 bridgehead atoms. The van der Waals surface area contributed by atoms with E-state index in [-0.39, 0.29) is 0 Å². The quantitative estimate of drug-likeness (QED) is 0.836. The van der Waals surface area contributed by atoms with Gasteiger partial charge in [0, 0.05) is 15.7 Å². The topological polar surface area (TPSA) is 25.2 Å². The Balaban J connectivity index is 2.04. The SMILES string of the molecule is CCc1ccc(CNc2cccc(I)c2C)o1. The van der Waals surface area contributed by atoms with E-state index in [0.717, 1.165) is 24.5 Å². The number of furan rings is 1. The van der Waals surface area contributed by atoms with Gasteiger partial charge in [-0.15, -0.1) is 0 Å². The zero-order valence-corrected chi connectivity index (χ0v) is 12.2. The number of hydrogen-bond acceptors (Lipinski definition) is 2. The van der Waals surface area contributed by atoms with Crippen LogP contribution in [-0.2, 0) is 13.0 Å². The Bertz CT molecular complexity index is 505. The third-order valence-electron chi connectivity index (χ3n) is 2.79. The van der Waals surface area contributed by atoms with Crippen LogP contribution in [-0.4, -0.2) is 0 Å². The predicted octanol–water partition coefficient (Wildman–Crippen LogP) is 4.37. The Morgan fingerprint density at radius 2 is 1.94 bits per heavy atom. The molecule has 0 radical (unpaired) electrons. The highest BCUT2D eigenvalue weighted by atomic mass is 127. The molecule has 2 rings (SSSR count). The highest BCUT2D eigenvalue weighted by Gasteiger charge is 2.03. The van der Waals surface area contributed by atoms with Crippen molar-refractivity contribution in [3.8, 4) is 0 Å². The molecule has 0 saturated heterocycles. The van der Waals surface area contributed by atoms with E-state index in [9.17, 15) is 0 Å². The first kappa shape index (κ1) is 12.5. The summed E-state index contributed by atoms with van der Waals surface area (Å²) in [4.78, 5) is 0. The minimum atomic E-state index is 0.737. The van der Waals surface area contributed by atoms with Gasteiger partial charge in [-0.05, 0) is 59.3 Å². The lowest BCUT2D eigenvalue weighted by molar-refractivity contribution is 0.476. The molecule has 0 unspecified atom stereocenters. The van der Waals surface area contributed by atoms with Crippen LogP contribution in [0.2, 0.25) is 0 Å². The lowest BCUT2D eigenvalue weighted by atomic mass is 10.2. The van der Waals surface area contributed by atoms with Gasteiger partial charge in [-0.25, -0.2) is 0 Å². The number of rotatable bonds is 4. The second-order valence-corrected chi connectivity index (χ2v) is 5.15. The largest absolute Gasteiger partial charge is 0.464 e. The molecule has 2 nitrogen and oxygen atoms in total. The highest BCUT2D eigenvalue weighted by Crippen LogP contribution is 2.21. The average Bonchev–Trinajstić information content (AvgIpc) is 2.79. The van der Waals surface area contributed by atoms with Crippen molar-refractivity contribution in [1.82, 2.24) is 0 Å². The lowest BCUT2D eigenvalue weighted by Crippen LogP contribution is -2.00. The maximum atomic E-state index is 5.66. The predicted molar refractivity (Wildman–Crippen MR) is 79.3 cm³/mol. The first-order chi connectivity index (χ1) is 8.20. The monoisotopic (exact) mass is 341 g/mol. The maximum absolute atomic E-state index is 5.66. The minimum absolute atomic E-state index is 0.737. The summed E-state index contributed by atoms with van der Waals surface area (Å²) in [6.45, 7) is 4.96. The fourth-order valence-corrected chi connectivity index (χ4v) is 2.19. The van der Waals surface area contributed by atoms with Gasteiger partial charge < -0.3 is 9.73 Å². The zero-order valence-electron chi connectivity index (χ0n) is 10.1. The van der Waals surface area contributed by atoms with Crippen molar-refractivity contribution in [1.29, 1.82) is 0 Å². The van der Waals surface area contributed by atoms with Gasteiger partial charge in [0.05, 0.1) is 6.54 Å². The molecule has 0 aliphatic carbocycles. The van der Waals surface area contributed by atoms with Crippen LogP contribution in [0.25, 0.3) is 0 Å². The summed E-state index contributed by atoms with van der Waals surface area (Å²) < 4.78 is 6.94. The highest BCUT2D eigenvalue weighted by molar-refractivity contribution is 14.1. The van der Waals surface area contributed by atoms with Crippen molar-refractivity contribution in [2.75, 3.05) is 5.32 Å². The first-order valence-electron chi connectivity index (χ1n) is 5.77. The van der Waals surface area contributed by atoms with Gasteiger partial charge in [0.25, 0.3) is 0 Å². The molecule has 1 heterocycles. The van der Waals surface area contributed by atoms with Gasteiger partial charge in [-0.2, -0.15) is 0 Å². The molecule has 0 amide bonds. The van der Waals surface area contributed by atoms with Crippen molar-refractivity contribution < 1.29 is 4.42 Å². The van der Waals surface area contributed by atoms with E-state index in [2.05, 4.69) is 60.0 Å². The molecule has 0 spiro atoms. The van der Waals surface area contributed by atoms with Crippen molar-refractivity contribution in [3.05, 3.63) is 51.0 Å². The number of benzene rings is 1. The van der Waals surface area contributed by atoms with Crippen LogP contribution in [0.15, 0.2) is 34.7 Å². The summed E-state index contributed by atoms with van der Waals surface area (Å²) in [5, 5.41) is 3.41. The van der Waals surface area contributed by atoms with Crippen molar-refractivity contribution in [3.63, 3.8) is 0 Å². The van der Waals surface area contributed by atoms with Gasteiger partial charge >= 0.3 is 0 Å². The Labute approximate surface area is 116 Å². The molecule has 2 aromatic rings. The molecular formula is C14H16INO. The number of hydrogen-bond donors (Lipinski definition) is 1. The van der Waals surface area contributed by atoms with Crippen LogP contribution < -0.4 is 5.32 Å². The lowest BCUT2D eigenvalue weighted by Gasteiger charge is -2.09. The molecule has 0 atom stereocenters. The zero-order chi connectivity index (χ0) is 12.3. The molecule has 0 saturated carbocycles. The number of anilines is 1.